The number of aromatic nitrogens is 2. The van der Waals surface area contributed by atoms with E-state index in [9.17, 15) is 13.2 Å². The average molecular weight is 631 g/mol. The van der Waals surface area contributed by atoms with Crippen LogP contribution < -0.4 is 9.62 Å². The SMILES string of the molecule is CN(C)CCNc1cnc(-c2ccc3cc(N(CC(=O)OC(C)(C)C)S(=O)(=O)c4cc(Cl)cc(Cl)c4)ccc3c2)cn1. The summed E-state index contributed by atoms with van der Waals surface area (Å²) in [5.41, 5.74) is 1.04. The molecule has 4 aromatic rings. The van der Waals surface area contributed by atoms with E-state index in [1.807, 2.05) is 32.3 Å². The van der Waals surface area contributed by atoms with Gasteiger partial charge in [-0.15, -0.1) is 0 Å². The number of benzene rings is 3. The average Bonchev–Trinajstić information content (AvgIpc) is 2.90. The van der Waals surface area contributed by atoms with Gasteiger partial charge in [0.1, 0.15) is 18.0 Å². The van der Waals surface area contributed by atoms with Crippen LogP contribution in [0.5, 0.6) is 0 Å². The molecule has 9 nitrogen and oxygen atoms in total. The number of fused-ring (bicyclic) bond motifs is 1. The predicted molar refractivity (Wildman–Crippen MR) is 169 cm³/mol. The van der Waals surface area contributed by atoms with E-state index in [0.717, 1.165) is 33.7 Å². The van der Waals surface area contributed by atoms with Crippen LogP contribution in [0.4, 0.5) is 11.5 Å². The first-order chi connectivity index (χ1) is 19.7. The lowest BCUT2D eigenvalue weighted by molar-refractivity contribution is -0.152. The summed E-state index contributed by atoms with van der Waals surface area (Å²) in [5, 5.41) is 5.17. The van der Waals surface area contributed by atoms with Crippen LogP contribution in [-0.2, 0) is 19.6 Å². The Hall–Kier alpha value is -3.44. The number of esters is 1. The van der Waals surface area contributed by atoms with Crippen LogP contribution in [0.15, 0.2) is 71.9 Å². The zero-order valence-electron chi connectivity index (χ0n) is 24.1. The highest BCUT2D eigenvalue weighted by Crippen LogP contribution is 2.32. The van der Waals surface area contributed by atoms with Crippen LogP contribution in [0.25, 0.3) is 22.0 Å². The highest BCUT2D eigenvalue weighted by molar-refractivity contribution is 7.92. The molecule has 0 saturated heterocycles. The van der Waals surface area contributed by atoms with Crippen molar-refractivity contribution in [2.75, 3.05) is 43.4 Å². The number of halogens is 2. The molecular weight excluding hydrogens is 597 g/mol. The molecule has 0 aliphatic rings. The van der Waals surface area contributed by atoms with Gasteiger partial charge in [0.05, 0.1) is 28.7 Å². The van der Waals surface area contributed by atoms with Crippen LogP contribution in [0.2, 0.25) is 10.0 Å². The van der Waals surface area contributed by atoms with E-state index in [-0.39, 0.29) is 20.6 Å². The molecule has 0 spiro atoms. The van der Waals surface area contributed by atoms with Gasteiger partial charge in [-0.3, -0.25) is 14.1 Å². The van der Waals surface area contributed by atoms with Crippen LogP contribution in [-0.4, -0.2) is 68.6 Å². The number of ether oxygens (including phenoxy) is 1. The molecule has 0 radical (unpaired) electrons. The smallest absolute Gasteiger partial charge is 0.327 e. The Morgan fingerprint density at radius 2 is 1.60 bits per heavy atom. The number of hydrogen-bond donors (Lipinski definition) is 1. The molecule has 0 atom stereocenters. The molecule has 0 bridgehead atoms. The maximum atomic E-state index is 13.8. The Balaban J connectivity index is 1.66. The third-order valence-corrected chi connectivity index (χ3v) is 8.23. The minimum atomic E-state index is -4.25. The second-order valence-electron chi connectivity index (χ2n) is 11.0. The van der Waals surface area contributed by atoms with Gasteiger partial charge in [0.25, 0.3) is 10.0 Å². The fraction of sp³-hybridized carbons (Fsp3) is 0.300. The van der Waals surface area contributed by atoms with Crippen molar-refractivity contribution in [2.24, 2.45) is 0 Å². The monoisotopic (exact) mass is 629 g/mol. The summed E-state index contributed by atoms with van der Waals surface area (Å²) in [7, 11) is -0.237. The first kappa shape index (κ1) is 31.5. The highest BCUT2D eigenvalue weighted by atomic mass is 35.5. The fourth-order valence-electron chi connectivity index (χ4n) is 4.13. The van der Waals surface area contributed by atoms with Crippen molar-refractivity contribution in [2.45, 2.75) is 31.3 Å². The topological polar surface area (TPSA) is 105 Å². The van der Waals surface area contributed by atoms with Gasteiger partial charge < -0.3 is 15.0 Å². The molecule has 42 heavy (non-hydrogen) atoms. The molecule has 0 aliphatic carbocycles. The number of nitrogens with zero attached hydrogens (tertiary/aromatic N) is 4. The summed E-state index contributed by atoms with van der Waals surface area (Å²) >= 11 is 12.2. The number of rotatable bonds is 10. The number of carbonyl (C=O) groups excluding carboxylic acids is 1. The van der Waals surface area contributed by atoms with Crippen molar-refractivity contribution in [3.05, 3.63) is 77.0 Å². The minimum absolute atomic E-state index is 0.141. The van der Waals surface area contributed by atoms with Crippen LogP contribution >= 0.6 is 23.2 Å². The normalized spacial score (nSPS) is 12.0. The molecular formula is C30H33Cl2N5O4S. The van der Waals surface area contributed by atoms with Gasteiger partial charge >= 0.3 is 5.97 Å². The minimum Gasteiger partial charge on any atom is -0.459 e. The summed E-state index contributed by atoms with van der Waals surface area (Å²) in [6.45, 7) is 6.23. The summed E-state index contributed by atoms with van der Waals surface area (Å²) < 4.78 is 34.1. The quantitative estimate of drug-likeness (QED) is 0.209. The van der Waals surface area contributed by atoms with E-state index >= 15 is 0 Å². The molecule has 0 unspecified atom stereocenters. The number of hydrogen-bond acceptors (Lipinski definition) is 8. The highest BCUT2D eigenvalue weighted by Gasteiger charge is 2.30. The van der Waals surface area contributed by atoms with Gasteiger partial charge in [-0.1, -0.05) is 41.4 Å². The van der Waals surface area contributed by atoms with Crippen molar-refractivity contribution in [1.82, 2.24) is 14.9 Å². The Kier molecular flexibility index (Phi) is 9.62. The molecule has 4 rings (SSSR count). The number of sulfonamides is 1. The molecule has 1 heterocycles. The van der Waals surface area contributed by atoms with E-state index in [0.29, 0.717) is 11.5 Å². The largest absolute Gasteiger partial charge is 0.459 e. The van der Waals surface area contributed by atoms with Crippen molar-refractivity contribution >= 4 is 61.5 Å². The second-order valence-corrected chi connectivity index (χ2v) is 13.7. The van der Waals surface area contributed by atoms with Crippen molar-refractivity contribution in [3.8, 4) is 11.3 Å². The molecule has 12 heteroatoms. The third-order valence-electron chi connectivity index (χ3n) is 6.04. The molecule has 1 aromatic heterocycles. The Labute approximate surface area is 256 Å². The van der Waals surface area contributed by atoms with Gasteiger partial charge in [-0.05, 0) is 82.0 Å². The van der Waals surface area contributed by atoms with E-state index in [2.05, 4.69) is 20.2 Å². The Morgan fingerprint density at radius 3 is 2.21 bits per heavy atom. The van der Waals surface area contributed by atoms with Gasteiger partial charge in [-0.25, -0.2) is 13.4 Å². The molecule has 222 valence electrons. The first-order valence-corrected chi connectivity index (χ1v) is 15.4. The molecule has 0 fully saturated rings. The van der Waals surface area contributed by atoms with Gasteiger partial charge in [0, 0.05) is 28.7 Å². The van der Waals surface area contributed by atoms with Crippen LogP contribution in [0.1, 0.15) is 20.8 Å². The van der Waals surface area contributed by atoms with E-state index in [4.69, 9.17) is 27.9 Å². The molecule has 1 N–H and O–H groups in total. The lowest BCUT2D eigenvalue weighted by atomic mass is 10.0. The Morgan fingerprint density at radius 1 is 0.929 bits per heavy atom. The number of likely N-dealkylation sites (N-methyl/N-ethyl adjacent to an activating group) is 1. The number of carbonyl (C=O) groups is 1. The maximum absolute atomic E-state index is 13.8. The van der Waals surface area contributed by atoms with E-state index in [1.165, 1.54) is 18.2 Å². The number of nitrogens with one attached hydrogen (secondary N) is 1. The third kappa shape index (κ3) is 8.10. The van der Waals surface area contributed by atoms with E-state index < -0.39 is 28.1 Å². The predicted octanol–water partition coefficient (Wildman–Crippen LogP) is 6.11. The summed E-state index contributed by atoms with van der Waals surface area (Å²) in [6, 6.07) is 14.9. The molecule has 0 aliphatic heterocycles. The summed E-state index contributed by atoms with van der Waals surface area (Å²) in [4.78, 5) is 23.8. The zero-order chi connectivity index (χ0) is 30.7. The van der Waals surface area contributed by atoms with Crippen molar-refractivity contribution in [3.63, 3.8) is 0 Å². The van der Waals surface area contributed by atoms with Crippen molar-refractivity contribution < 1.29 is 17.9 Å². The van der Waals surface area contributed by atoms with E-state index in [1.54, 1.807) is 51.4 Å². The van der Waals surface area contributed by atoms with Gasteiger partial charge in [0.2, 0.25) is 0 Å². The summed E-state index contributed by atoms with van der Waals surface area (Å²) in [6.07, 6.45) is 3.40. The lowest BCUT2D eigenvalue weighted by Gasteiger charge is -2.26. The summed E-state index contributed by atoms with van der Waals surface area (Å²) in [5.74, 6) is -0.00817. The maximum Gasteiger partial charge on any atom is 0.327 e. The molecule has 0 saturated carbocycles. The van der Waals surface area contributed by atoms with Crippen molar-refractivity contribution in [1.29, 1.82) is 0 Å². The number of anilines is 2. The Bertz CT molecular complexity index is 1670. The zero-order valence-corrected chi connectivity index (χ0v) is 26.4. The lowest BCUT2D eigenvalue weighted by Crippen LogP contribution is -2.39. The molecule has 3 aromatic carbocycles. The standard InChI is InChI=1S/C30H33Cl2N5O4S/c1-30(2,3)41-29(38)19-37(42(39,40)26-15-23(31)14-24(32)16-26)25-9-8-20-12-22(7-6-21(20)13-25)27-17-35-28(18-34-27)33-10-11-36(4)5/h6-9,12-18H,10-11,19H2,1-5H3,(H,33,35). The molecule has 0 amide bonds. The van der Waals surface area contributed by atoms with Gasteiger partial charge in [0.15, 0.2) is 0 Å². The second kappa shape index (κ2) is 12.8. The fourth-order valence-corrected chi connectivity index (χ4v) is 6.26. The van der Waals surface area contributed by atoms with Crippen LogP contribution in [0.3, 0.4) is 0 Å². The van der Waals surface area contributed by atoms with Gasteiger partial charge in [-0.2, -0.15) is 0 Å². The van der Waals surface area contributed by atoms with Crippen LogP contribution in [0, 0.1) is 0 Å². The first-order valence-electron chi connectivity index (χ1n) is 13.2.